The maximum atomic E-state index is 12.2. The lowest BCUT2D eigenvalue weighted by molar-refractivity contribution is -0.119. The molecule has 1 aromatic carbocycles. The molecular formula is C13H16OS2. The van der Waals surface area contributed by atoms with Gasteiger partial charge in [-0.3, -0.25) is 4.79 Å². The minimum atomic E-state index is -0.325. The third-order valence-corrected chi connectivity index (χ3v) is 6.17. The predicted octanol–water partition coefficient (Wildman–Crippen LogP) is 3.69. The van der Waals surface area contributed by atoms with Gasteiger partial charge in [0.1, 0.15) is 4.08 Å². The van der Waals surface area contributed by atoms with E-state index in [1.807, 2.05) is 48.6 Å². The molecule has 1 heterocycles. The van der Waals surface area contributed by atoms with E-state index in [2.05, 4.69) is 12.1 Å². The van der Waals surface area contributed by atoms with Crippen LogP contribution < -0.4 is 0 Å². The van der Waals surface area contributed by atoms with E-state index in [0.717, 1.165) is 17.1 Å². The Morgan fingerprint density at radius 3 is 2.44 bits per heavy atom. The Morgan fingerprint density at radius 2 is 1.88 bits per heavy atom. The van der Waals surface area contributed by atoms with Crippen LogP contribution in [0.4, 0.5) is 0 Å². The zero-order valence-electron chi connectivity index (χ0n) is 9.44. The van der Waals surface area contributed by atoms with E-state index in [9.17, 15) is 4.79 Å². The SMILES string of the molecule is CCC(=O)C1(c2ccccc2)SCCCS1. The Bertz CT molecular complexity index is 355. The lowest BCUT2D eigenvalue weighted by Crippen LogP contribution is -2.31. The van der Waals surface area contributed by atoms with Crippen LogP contribution in [-0.4, -0.2) is 17.3 Å². The molecule has 1 aliphatic heterocycles. The van der Waals surface area contributed by atoms with Crippen molar-refractivity contribution in [2.24, 2.45) is 0 Å². The van der Waals surface area contributed by atoms with Crippen LogP contribution in [0.15, 0.2) is 30.3 Å². The second-order valence-electron chi connectivity index (χ2n) is 3.81. The predicted molar refractivity (Wildman–Crippen MR) is 73.0 cm³/mol. The Labute approximate surface area is 105 Å². The molecule has 0 aromatic heterocycles. The minimum absolute atomic E-state index is 0.325. The normalized spacial score (nSPS) is 19.3. The number of carbonyl (C=O) groups excluding carboxylic acids is 1. The lowest BCUT2D eigenvalue weighted by Gasteiger charge is -2.34. The number of ketones is 1. The quantitative estimate of drug-likeness (QED) is 0.816. The molecule has 2 rings (SSSR count). The van der Waals surface area contributed by atoms with Crippen LogP contribution in [0.5, 0.6) is 0 Å². The topological polar surface area (TPSA) is 17.1 Å². The fraction of sp³-hybridized carbons (Fsp3) is 0.462. The molecule has 1 saturated heterocycles. The van der Waals surface area contributed by atoms with Crippen molar-refractivity contribution in [2.75, 3.05) is 11.5 Å². The molecular weight excluding hydrogens is 236 g/mol. The number of carbonyl (C=O) groups is 1. The maximum absolute atomic E-state index is 12.2. The van der Waals surface area contributed by atoms with E-state index in [1.165, 1.54) is 6.42 Å². The molecule has 16 heavy (non-hydrogen) atoms. The highest BCUT2D eigenvalue weighted by Crippen LogP contribution is 2.51. The van der Waals surface area contributed by atoms with Crippen molar-refractivity contribution in [2.45, 2.75) is 23.8 Å². The van der Waals surface area contributed by atoms with E-state index in [0.29, 0.717) is 12.2 Å². The average molecular weight is 252 g/mol. The number of benzene rings is 1. The van der Waals surface area contributed by atoms with E-state index < -0.39 is 0 Å². The van der Waals surface area contributed by atoms with Crippen molar-refractivity contribution in [1.82, 2.24) is 0 Å². The van der Waals surface area contributed by atoms with Crippen LogP contribution in [0.25, 0.3) is 0 Å². The van der Waals surface area contributed by atoms with E-state index >= 15 is 0 Å². The summed E-state index contributed by atoms with van der Waals surface area (Å²) in [4.78, 5) is 12.2. The van der Waals surface area contributed by atoms with Crippen LogP contribution in [0.2, 0.25) is 0 Å². The zero-order valence-corrected chi connectivity index (χ0v) is 11.1. The summed E-state index contributed by atoms with van der Waals surface area (Å²) >= 11 is 3.62. The largest absolute Gasteiger partial charge is 0.297 e. The van der Waals surface area contributed by atoms with Gasteiger partial charge in [-0.2, -0.15) is 0 Å². The summed E-state index contributed by atoms with van der Waals surface area (Å²) in [6.07, 6.45) is 1.83. The summed E-state index contributed by atoms with van der Waals surface area (Å²) < 4.78 is -0.325. The third kappa shape index (κ3) is 2.16. The van der Waals surface area contributed by atoms with Crippen LogP contribution in [0.3, 0.4) is 0 Å². The molecule has 1 aromatic rings. The van der Waals surface area contributed by atoms with Gasteiger partial charge in [0.15, 0.2) is 5.78 Å². The van der Waals surface area contributed by atoms with Gasteiger partial charge in [0, 0.05) is 6.42 Å². The summed E-state index contributed by atoms with van der Waals surface area (Å²) in [6.45, 7) is 1.96. The molecule has 1 aliphatic rings. The van der Waals surface area contributed by atoms with Gasteiger partial charge in [0.05, 0.1) is 0 Å². The molecule has 0 bridgehead atoms. The summed E-state index contributed by atoms with van der Waals surface area (Å²) in [5.74, 6) is 2.54. The molecule has 0 aliphatic carbocycles. The Hall–Kier alpha value is -0.410. The first-order valence-corrected chi connectivity index (χ1v) is 7.63. The van der Waals surface area contributed by atoms with Crippen LogP contribution in [0.1, 0.15) is 25.3 Å². The van der Waals surface area contributed by atoms with Gasteiger partial charge < -0.3 is 0 Å². The molecule has 86 valence electrons. The standard InChI is InChI=1S/C13H16OS2/c1-2-12(14)13(15-9-6-10-16-13)11-7-4-3-5-8-11/h3-5,7-8H,2,6,9-10H2,1H3. The van der Waals surface area contributed by atoms with Crippen LogP contribution in [0, 0.1) is 0 Å². The highest BCUT2D eigenvalue weighted by atomic mass is 32.2. The molecule has 3 heteroatoms. The van der Waals surface area contributed by atoms with Crippen LogP contribution >= 0.6 is 23.5 Å². The second-order valence-corrected chi connectivity index (χ2v) is 6.69. The van der Waals surface area contributed by atoms with Gasteiger partial charge in [-0.05, 0) is 23.5 Å². The van der Waals surface area contributed by atoms with Gasteiger partial charge in [0.2, 0.25) is 0 Å². The van der Waals surface area contributed by atoms with E-state index in [-0.39, 0.29) is 4.08 Å². The fourth-order valence-electron chi connectivity index (χ4n) is 1.91. The highest BCUT2D eigenvalue weighted by Gasteiger charge is 2.41. The fourth-order valence-corrected chi connectivity index (χ4v) is 5.30. The van der Waals surface area contributed by atoms with Gasteiger partial charge >= 0.3 is 0 Å². The maximum Gasteiger partial charge on any atom is 0.163 e. The number of hydrogen-bond donors (Lipinski definition) is 0. The van der Waals surface area contributed by atoms with Gasteiger partial charge in [0.25, 0.3) is 0 Å². The smallest absolute Gasteiger partial charge is 0.163 e. The van der Waals surface area contributed by atoms with Crippen LogP contribution in [-0.2, 0) is 8.87 Å². The molecule has 0 saturated carbocycles. The molecule has 1 fully saturated rings. The molecule has 0 radical (unpaired) electrons. The highest BCUT2D eigenvalue weighted by molar-refractivity contribution is 8.19. The Morgan fingerprint density at radius 1 is 1.25 bits per heavy atom. The van der Waals surface area contributed by atoms with E-state index in [4.69, 9.17) is 0 Å². The van der Waals surface area contributed by atoms with Crippen molar-refractivity contribution >= 4 is 29.3 Å². The molecule has 0 unspecified atom stereocenters. The van der Waals surface area contributed by atoms with Gasteiger partial charge in [-0.25, -0.2) is 0 Å². The number of hydrogen-bond acceptors (Lipinski definition) is 3. The zero-order chi connectivity index (χ0) is 11.4. The number of thioether (sulfide) groups is 2. The first-order valence-electron chi connectivity index (χ1n) is 5.66. The molecule has 0 N–H and O–H groups in total. The average Bonchev–Trinajstić information content (AvgIpc) is 2.39. The minimum Gasteiger partial charge on any atom is -0.297 e. The Balaban J connectivity index is 2.38. The Kier molecular flexibility index (Phi) is 3.98. The van der Waals surface area contributed by atoms with Crippen molar-refractivity contribution in [3.63, 3.8) is 0 Å². The van der Waals surface area contributed by atoms with Gasteiger partial charge in [-0.1, -0.05) is 37.3 Å². The monoisotopic (exact) mass is 252 g/mol. The van der Waals surface area contributed by atoms with Crippen molar-refractivity contribution in [3.8, 4) is 0 Å². The van der Waals surface area contributed by atoms with Crippen molar-refractivity contribution in [1.29, 1.82) is 0 Å². The van der Waals surface area contributed by atoms with Crippen molar-refractivity contribution < 1.29 is 4.79 Å². The lowest BCUT2D eigenvalue weighted by atomic mass is 10.1. The summed E-state index contributed by atoms with van der Waals surface area (Å²) in [5, 5.41) is 0. The van der Waals surface area contributed by atoms with Crippen molar-refractivity contribution in [3.05, 3.63) is 35.9 Å². The molecule has 1 nitrogen and oxygen atoms in total. The molecule has 0 spiro atoms. The van der Waals surface area contributed by atoms with E-state index in [1.54, 1.807) is 0 Å². The summed E-state index contributed by atoms with van der Waals surface area (Å²) in [5.41, 5.74) is 1.16. The molecule has 0 amide bonds. The summed E-state index contributed by atoms with van der Waals surface area (Å²) in [6, 6.07) is 10.2. The first-order chi connectivity index (χ1) is 7.79. The first kappa shape index (κ1) is 12.1. The van der Waals surface area contributed by atoms with Gasteiger partial charge in [-0.15, -0.1) is 23.5 Å². The molecule has 0 atom stereocenters. The third-order valence-electron chi connectivity index (χ3n) is 2.74. The second kappa shape index (κ2) is 5.28. The number of Topliss-reactive ketones (excluding diaryl/α,β-unsaturated/α-hetero) is 1. The number of rotatable bonds is 3. The summed E-state index contributed by atoms with van der Waals surface area (Å²) in [7, 11) is 0.